The van der Waals surface area contributed by atoms with Crippen molar-refractivity contribution in [3.8, 4) is 0 Å². The normalized spacial score (nSPS) is 16.4. The van der Waals surface area contributed by atoms with Crippen LogP contribution in [0.25, 0.3) is 0 Å². The fourth-order valence-electron chi connectivity index (χ4n) is 1.57. The molecular formula is C10H17N3. The zero-order valence-electron chi connectivity index (χ0n) is 7.95. The van der Waals surface area contributed by atoms with Gasteiger partial charge in [-0.3, -0.25) is 0 Å². The van der Waals surface area contributed by atoms with E-state index < -0.39 is 0 Å². The maximum absolute atomic E-state index is 5.47. The van der Waals surface area contributed by atoms with Gasteiger partial charge in [-0.1, -0.05) is 0 Å². The standard InChI is InChI=1S/C10H17N3/c11-5-1-2-10-12-6-7-13(10)8-9-3-4-9/h6-7,9H,1-5,8,11H2. The van der Waals surface area contributed by atoms with Crippen molar-refractivity contribution >= 4 is 0 Å². The van der Waals surface area contributed by atoms with Gasteiger partial charge in [0.15, 0.2) is 0 Å². The number of aromatic nitrogens is 2. The van der Waals surface area contributed by atoms with E-state index in [1.54, 1.807) is 0 Å². The Hall–Kier alpha value is -0.830. The molecule has 0 radical (unpaired) electrons. The Bertz CT molecular complexity index is 263. The summed E-state index contributed by atoms with van der Waals surface area (Å²) in [6.07, 6.45) is 8.85. The molecule has 0 aromatic carbocycles. The summed E-state index contributed by atoms with van der Waals surface area (Å²) in [4.78, 5) is 4.34. The highest BCUT2D eigenvalue weighted by atomic mass is 15.1. The predicted octanol–water partition coefficient (Wildman–Crippen LogP) is 1.18. The Morgan fingerprint density at radius 3 is 3.08 bits per heavy atom. The molecule has 0 spiro atoms. The van der Waals surface area contributed by atoms with E-state index in [4.69, 9.17) is 5.73 Å². The molecule has 1 fully saturated rings. The van der Waals surface area contributed by atoms with E-state index >= 15 is 0 Å². The lowest BCUT2D eigenvalue weighted by molar-refractivity contribution is 0.587. The van der Waals surface area contributed by atoms with Crippen LogP contribution in [0.3, 0.4) is 0 Å². The first-order valence-corrected chi connectivity index (χ1v) is 5.10. The first-order valence-electron chi connectivity index (χ1n) is 5.10. The molecule has 1 aromatic rings. The number of hydrogen-bond donors (Lipinski definition) is 1. The summed E-state index contributed by atoms with van der Waals surface area (Å²) in [7, 11) is 0. The van der Waals surface area contributed by atoms with Crippen molar-refractivity contribution in [1.29, 1.82) is 0 Å². The van der Waals surface area contributed by atoms with Crippen molar-refractivity contribution in [2.45, 2.75) is 32.2 Å². The smallest absolute Gasteiger partial charge is 0.108 e. The Morgan fingerprint density at radius 2 is 2.38 bits per heavy atom. The lowest BCUT2D eigenvalue weighted by Gasteiger charge is -2.05. The second-order valence-electron chi connectivity index (χ2n) is 3.83. The Morgan fingerprint density at radius 1 is 1.54 bits per heavy atom. The van der Waals surface area contributed by atoms with Crippen LogP contribution in [0.5, 0.6) is 0 Å². The molecule has 1 aromatic heterocycles. The average Bonchev–Trinajstić information content (AvgIpc) is 2.82. The van der Waals surface area contributed by atoms with Crippen LogP contribution in [0.1, 0.15) is 25.1 Å². The maximum atomic E-state index is 5.47. The highest BCUT2D eigenvalue weighted by Gasteiger charge is 2.22. The molecule has 2 N–H and O–H groups in total. The van der Waals surface area contributed by atoms with Crippen molar-refractivity contribution in [2.75, 3.05) is 6.54 Å². The van der Waals surface area contributed by atoms with Gasteiger partial charge in [-0.2, -0.15) is 0 Å². The van der Waals surface area contributed by atoms with Gasteiger partial charge in [0, 0.05) is 25.4 Å². The molecule has 3 heteroatoms. The van der Waals surface area contributed by atoms with E-state index in [9.17, 15) is 0 Å². The van der Waals surface area contributed by atoms with Crippen LogP contribution in [-0.2, 0) is 13.0 Å². The van der Waals surface area contributed by atoms with Gasteiger partial charge in [0.05, 0.1) is 0 Å². The largest absolute Gasteiger partial charge is 0.335 e. The van der Waals surface area contributed by atoms with Crippen LogP contribution in [0.2, 0.25) is 0 Å². The molecule has 3 nitrogen and oxygen atoms in total. The number of rotatable bonds is 5. The maximum Gasteiger partial charge on any atom is 0.108 e. The number of nitrogens with two attached hydrogens (primary N) is 1. The van der Waals surface area contributed by atoms with E-state index in [1.165, 1.54) is 25.2 Å². The van der Waals surface area contributed by atoms with Crippen LogP contribution in [-0.4, -0.2) is 16.1 Å². The summed E-state index contributed by atoms with van der Waals surface area (Å²) in [6.45, 7) is 1.93. The number of imidazole rings is 1. The summed E-state index contributed by atoms with van der Waals surface area (Å²) >= 11 is 0. The second-order valence-corrected chi connectivity index (χ2v) is 3.83. The first kappa shape index (κ1) is 8.75. The third-order valence-corrected chi connectivity index (χ3v) is 2.56. The Labute approximate surface area is 79.0 Å². The van der Waals surface area contributed by atoms with Gasteiger partial charge in [-0.25, -0.2) is 4.98 Å². The molecule has 0 aliphatic heterocycles. The number of nitrogens with zero attached hydrogens (tertiary/aromatic N) is 2. The molecule has 1 aliphatic rings. The Balaban J connectivity index is 1.93. The van der Waals surface area contributed by atoms with Crippen LogP contribution in [0, 0.1) is 5.92 Å². The van der Waals surface area contributed by atoms with Gasteiger partial charge >= 0.3 is 0 Å². The second kappa shape index (κ2) is 3.92. The summed E-state index contributed by atoms with van der Waals surface area (Å²) < 4.78 is 2.29. The van der Waals surface area contributed by atoms with Crippen LogP contribution >= 0.6 is 0 Å². The minimum Gasteiger partial charge on any atom is -0.335 e. The molecule has 1 heterocycles. The van der Waals surface area contributed by atoms with E-state index in [0.29, 0.717) is 0 Å². The first-order chi connectivity index (χ1) is 6.40. The fourth-order valence-corrected chi connectivity index (χ4v) is 1.57. The van der Waals surface area contributed by atoms with Gasteiger partial charge < -0.3 is 10.3 Å². The van der Waals surface area contributed by atoms with Crippen LogP contribution < -0.4 is 5.73 Å². The molecule has 0 saturated heterocycles. The molecule has 0 unspecified atom stereocenters. The van der Waals surface area contributed by atoms with Gasteiger partial charge in [0.1, 0.15) is 5.82 Å². The lowest BCUT2D eigenvalue weighted by Crippen LogP contribution is -2.07. The van der Waals surface area contributed by atoms with Gasteiger partial charge in [0.2, 0.25) is 0 Å². The van der Waals surface area contributed by atoms with Crippen molar-refractivity contribution < 1.29 is 0 Å². The van der Waals surface area contributed by atoms with Crippen LogP contribution in [0.15, 0.2) is 12.4 Å². The van der Waals surface area contributed by atoms with E-state index in [0.717, 1.165) is 25.3 Å². The van der Waals surface area contributed by atoms with Gasteiger partial charge in [0.25, 0.3) is 0 Å². The van der Waals surface area contributed by atoms with E-state index in [2.05, 4.69) is 15.7 Å². The third kappa shape index (κ3) is 2.31. The van der Waals surface area contributed by atoms with Crippen molar-refractivity contribution in [2.24, 2.45) is 11.7 Å². The molecule has 2 rings (SSSR count). The molecule has 0 atom stereocenters. The third-order valence-electron chi connectivity index (χ3n) is 2.56. The number of aryl methyl sites for hydroxylation is 1. The zero-order chi connectivity index (χ0) is 9.10. The molecule has 72 valence electrons. The van der Waals surface area contributed by atoms with Crippen molar-refractivity contribution in [3.05, 3.63) is 18.2 Å². The summed E-state index contributed by atoms with van der Waals surface area (Å²) in [5.41, 5.74) is 5.47. The fraction of sp³-hybridized carbons (Fsp3) is 0.700. The quantitative estimate of drug-likeness (QED) is 0.737. The number of hydrogen-bond acceptors (Lipinski definition) is 2. The monoisotopic (exact) mass is 179 g/mol. The minimum absolute atomic E-state index is 0.760. The summed E-state index contributed by atoms with van der Waals surface area (Å²) in [5.74, 6) is 2.13. The van der Waals surface area contributed by atoms with Crippen LogP contribution in [0.4, 0.5) is 0 Å². The zero-order valence-corrected chi connectivity index (χ0v) is 7.95. The molecule has 1 saturated carbocycles. The highest BCUT2D eigenvalue weighted by molar-refractivity contribution is 4.94. The summed E-state index contributed by atoms with van der Waals surface area (Å²) in [6, 6.07) is 0. The topological polar surface area (TPSA) is 43.8 Å². The van der Waals surface area contributed by atoms with Crippen molar-refractivity contribution in [3.63, 3.8) is 0 Å². The van der Waals surface area contributed by atoms with E-state index in [-0.39, 0.29) is 0 Å². The molecular weight excluding hydrogens is 162 g/mol. The Kier molecular flexibility index (Phi) is 2.64. The molecule has 0 amide bonds. The molecule has 0 bridgehead atoms. The lowest BCUT2D eigenvalue weighted by atomic mass is 10.3. The van der Waals surface area contributed by atoms with Gasteiger partial charge in [-0.15, -0.1) is 0 Å². The van der Waals surface area contributed by atoms with E-state index in [1.807, 2.05) is 6.20 Å². The summed E-state index contributed by atoms with van der Waals surface area (Å²) in [5, 5.41) is 0. The van der Waals surface area contributed by atoms with Crippen molar-refractivity contribution in [1.82, 2.24) is 9.55 Å². The molecule has 13 heavy (non-hydrogen) atoms. The minimum atomic E-state index is 0.760. The predicted molar refractivity (Wildman–Crippen MR) is 52.3 cm³/mol. The van der Waals surface area contributed by atoms with Gasteiger partial charge in [-0.05, 0) is 31.7 Å². The molecule has 1 aliphatic carbocycles. The highest BCUT2D eigenvalue weighted by Crippen LogP contribution is 2.30. The average molecular weight is 179 g/mol. The SMILES string of the molecule is NCCCc1nccn1CC1CC1.